The zero-order valence-corrected chi connectivity index (χ0v) is 10.1. The summed E-state index contributed by atoms with van der Waals surface area (Å²) < 4.78 is 4.86. The summed E-state index contributed by atoms with van der Waals surface area (Å²) in [7, 11) is 1.60. The summed E-state index contributed by atoms with van der Waals surface area (Å²) in [4.78, 5) is 11.4. The van der Waals surface area contributed by atoms with Crippen LogP contribution < -0.4 is 10.6 Å². The minimum absolute atomic E-state index is 0.0328. The number of fused-ring (bicyclic) bond motifs is 1. The van der Waals surface area contributed by atoms with Crippen LogP contribution in [0.2, 0.25) is 0 Å². The van der Waals surface area contributed by atoms with Gasteiger partial charge in [0, 0.05) is 33.2 Å². The van der Waals surface area contributed by atoms with Gasteiger partial charge < -0.3 is 15.4 Å². The van der Waals surface area contributed by atoms with Crippen molar-refractivity contribution in [3.8, 4) is 0 Å². The Balaban J connectivity index is 1.85. The fourth-order valence-corrected chi connectivity index (χ4v) is 1.94. The van der Waals surface area contributed by atoms with Crippen molar-refractivity contribution in [2.45, 2.75) is 26.1 Å². The van der Waals surface area contributed by atoms with Crippen LogP contribution in [0.15, 0.2) is 18.2 Å². The van der Waals surface area contributed by atoms with Crippen molar-refractivity contribution in [1.29, 1.82) is 0 Å². The SMILES string of the molecule is COCCC(=O)NCc1ccc2c(c1)CNC2. The molecule has 1 aliphatic heterocycles. The fraction of sp³-hybridized carbons (Fsp3) is 0.462. The molecule has 1 aliphatic rings. The third kappa shape index (κ3) is 3.28. The molecule has 0 unspecified atom stereocenters. The number of nitrogens with one attached hydrogen (secondary N) is 2. The van der Waals surface area contributed by atoms with Gasteiger partial charge in [-0.05, 0) is 16.7 Å². The highest BCUT2D eigenvalue weighted by atomic mass is 16.5. The number of carbonyl (C=O) groups is 1. The molecule has 1 heterocycles. The minimum atomic E-state index is 0.0328. The van der Waals surface area contributed by atoms with Crippen LogP contribution in [0.1, 0.15) is 23.1 Å². The molecule has 4 nitrogen and oxygen atoms in total. The van der Waals surface area contributed by atoms with Crippen LogP contribution in [0, 0.1) is 0 Å². The topological polar surface area (TPSA) is 50.4 Å². The van der Waals surface area contributed by atoms with E-state index in [0.29, 0.717) is 19.6 Å². The molecule has 2 rings (SSSR count). The Hall–Kier alpha value is -1.39. The lowest BCUT2D eigenvalue weighted by atomic mass is 10.1. The maximum absolute atomic E-state index is 11.4. The van der Waals surface area contributed by atoms with Gasteiger partial charge in [0.05, 0.1) is 6.61 Å². The summed E-state index contributed by atoms with van der Waals surface area (Å²) >= 11 is 0. The summed E-state index contributed by atoms with van der Waals surface area (Å²) in [6.07, 6.45) is 0.420. The molecule has 0 bridgehead atoms. The highest BCUT2D eigenvalue weighted by molar-refractivity contribution is 5.75. The van der Waals surface area contributed by atoms with Gasteiger partial charge in [0.15, 0.2) is 0 Å². The fourth-order valence-electron chi connectivity index (χ4n) is 1.94. The zero-order valence-electron chi connectivity index (χ0n) is 10.1. The molecule has 0 saturated heterocycles. The Kier molecular flexibility index (Phi) is 4.12. The molecule has 0 spiro atoms. The summed E-state index contributed by atoms with van der Waals surface area (Å²) in [6.45, 7) is 2.95. The normalized spacial score (nSPS) is 13.5. The summed E-state index contributed by atoms with van der Waals surface area (Å²) in [5.41, 5.74) is 3.85. The van der Waals surface area contributed by atoms with Gasteiger partial charge in [0.25, 0.3) is 0 Å². The van der Waals surface area contributed by atoms with Crippen LogP contribution in [0.3, 0.4) is 0 Å². The summed E-state index contributed by atoms with van der Waals surface area (Å²) in [5, 5.41) is 6.19. The molecule has 17 heavy (non-hydrogen) atoms. The average Bonchev–Trinajstić information content (AvgIpc) is 2.81. The van der Waals surface area contributed by atoms with E-state index in [1.165, 1.54) is 11.1 Å². The third-order valence-corrected chi connectivity index (χ3v) is 2.92. The minimum Gasteiger partial charge on any atom is -0.384 e. The van der Waals surface area contributed by atoms with Crippen molar-refractivity contribution in [3.63, 3.8) is 0 Å². The van der Waals surface area contributed by atoms with Gasteiger partial charge in [-0.15, -0.1) is 0 Å². The van der Waals surface area contributed by atoms with Crippen molar-refractivity contribution in [1.82, 2.24) is 10.6 Å². The first kappa shape index (κ1) is 12.1. The van der Waals surface area contributed by atoms with Crippen LogP contribution in [0.5, 0.6) is 0 Å². The Morgan fingerprint density at radius 2 is 2.24 bits per heavy atom. The van der Waals surface area contributed by atoms with Gasteiger partial charge in [-0.1, -0.05) is 18.2 Å². The molecule has 0 aliphatic carbocycles. The van der Waals surface area contributed by atoms with Gasteiger partial charge in [-0.25, -0.2) is 0 Å². The second-order valence-corrected chi connectivity index (χ2v) is 4.23. The standard InChI is InChI=1S/C13H18N2O2/c1-17-5-4-13(16)15-7-10-2-3-11-8-14-9-12(11)6-10/h2-3,6,14H,4-5,7-9H2,1H3,(H,15,16). The first-order valence-corrected chi connectivity index (χ1v) is 5.86. The Morgan fingerprint density at radius 1 is 1.41 bits per heavy atom. The molecule has 92 valence electrons. The lowest BCUT2D eigenvalue weighted by Gasteiger charge is -2.06. The van der Waals surface area contributed by atoms with Crippen LogP contribution in [0.25, 0.3) is 0 Å². The van der Waals surface area contributed by atoms with Crippen molar-refractivity contribution in [2.75, 3.05) is 13.7 Å². The Morgan fingerprint density at radius 3 is 3.06 bits per heavy atom. The van der Waals surface area contributed by atoms with Crippen LogP contribution in [-0.4, -0.2) is 19.6 Å². The molecule has 0 fully saturated rings. The van der Waals surface area contributed by atoms with Crippen molar-refractivity contribution >= 4 is 5.91 Å². The Bertz CT molecular complexity index is 404. The molecular formula is C13H18N2O2. The third-order valence-electron chi connectivity index (χ3n) is 2.92. The predicted molar refractivity (Wildman–Crippen MR) is 65.3 cm³/mol. The first-order chi connectivity index (χ1) is 8.29. The first-order valence-electron chi connectivity index (χ1n) is 5.86. The van der Waals surface area contributed by atoms with Gasteiger partial charge in [0.1, 0.15) is 0 Å². The summed E-state index contributed by atoms with van der Waals surface area (Å²) in [5.74, 6) is 0.0328. The molecule has 0 atom stereocenters. The highest BCUT2D eigenvalue weighted by Gasteiger charge is 2.10. The van der Waals surface area contributed by atoms with E-state index < -0.39 is 0 Å². The van der Waals surface area contributed by atoms with Crippen molar-refractivity contribution in [3.05, 3.63) is 34.9 Å². The zero-order chi connectivity index (χ0) is 12.1. The molecule has 0 aromatic heterocycles. The number of benzene rings is 1. The quantitative estimate of drug-likeness (QED) is 0.797. The molecule has 1 amide bonds. The molecule has 1 aromatic rings. The number of carbonyl (C=O) groups excluding carboxylic acids is 1. The summed E-state index contributed by atoms with van der Waals surface area (Å²) in [6, 6.07) is 6.36. The molecule has 1 aromatic carbocycles. The van der Waals surface area contributed by atoms with Gasteiger partial charge in [-0.3, -0.25) is 4.79 Å². The highest BCUT2D eigenvalue weighted by Crippen LogP contribution is 2.16. The Labute approximate surface area is 101 Å². The molecule has 4 heteroatoms. The van der Waals surface area contributed by atoms with E-state index >= 15 is 0 Å². The molecular weight excluding hydrogens is 216 g/mol. The van der Waals surface area contributed by atoms with E-state index in [0.717, 1.165) is 18.7 Å². The second kappa shape index (κ2) is 5.80. The average molecular weight is 234 g/mol. The number of rotatable bonds is 5. The number of hydrogen-bond donors (Lipinski definition) is 2. The number of amides is 1. The van der Waals surface area contributed by atoms with E-state index in [4.69, 9.17) is 4.74 Å². The second-order valence-electron chi connectivity index (χ2n) is 4.23. The number of hydrogen-bond acceptors (Lipinski definition) is 3. The predicted octanol–water partition coefficient (Wildman–Crippen LogP) is 0.942. The van der Waals surface area contributed by atoms with Crippen molar-refractivity contribution < 1.29 is 9.53 Å². The molecule has 0 radical (unpaired) electrons. The van der Waals surface area contributed by atoms with Gasteiger partial charge in [0.2, 0.25) is 5.91 Å². The van der Waals surface area contributed by atoms with Crippen LogP contribution in [0.4, 0.5) is 0 Å². The maximum atomic E-state index is 11.4. The van der Waals surface area contributed by atoms with Crippen LogP contribution >= 0.6 is 0 Å². The van der Waals surface area contributed by atoms with Gasteiger partial charge in [-0.2, -0.15) is 0 Å². The van der Waals surface area contributed by atoms with E-state index in [-0.39, 0.29) is 5.91 Å². The lowest BCUT2D eigenvalue weighted by Crippen LogP contribution is -2.23. The maximum Gasteiger partial charge on any atom is 0.222 e. The monoisotopic (exact) mass is 234 g/mol. The van der Waals surface area contributed by atoms with Gasteiger partial charge >= 0.3 is 0 Å². The van der Waals surface area contributed by atoms with Crippen LogP contribution in [-0.2, 0) is 29.2 Å². The smallest absolute Gasteiger partial charge is 0.222 e. The van der Waals surface area contributed by atoms with E-state index in [9.17, 15) is 4.79 Å². The van der Waals surface area contributed by atoms with Crippen molar-refractivity contribution in [2.24, 2.45) is 0 Å². The van der Waals surface area contributed by atoms with E-state index in [2.05, 4.69) is 28.8 Å². The largest absolute Gasteiger partial charge is 0.384 e. The number of ether oxygens (including phenoxy) is 1. The van der Waals surface area contributed by atoms with E-state index in [1.54, 1.807) is 7.11 Å². The lowest BCUT2D eigenvalue weighted by molar-refractivity contribution is -0.122. The molecule has 2 N–H and O–H groups in total. The van der Waals surface area contributed by atoms with E-state index in [1.807, 2.05) is 0 Å². The molecule has 0 saturated carbocycles. The number of methoxy groups -OCH3 is 1.